The lowest BCUT2D eigenvalue weighted by Gasteiger charge is -2.05. The predicted molar refractivity (Wildman–Crippen MR) is 56.2 cm³/mol. The van der Waals surface area contributed by atoms with Crippen LogP contribution in [0.4, 0.5) is 0 Å². The lowest BCUT2D eigenvalue weighted by atomic mass is 10.1. The fourth-order valence-corrected chi connectivity index (χ4v) is 1.63. The molecule has 0 unspecified atom stereocenters. The molecule has 0 N–H and O–H groups in total. The van der Waals surface area contributed by atoms with Gasteiger partial charge in [-0.05, 0) is 24.5 Å². The standard InChI is InChI=1S/C12H13N/c1-2-10-6-3-4-7-11-8-5-9-13-12(10)11/h4-9H,2-3H2,1H3. The molecule has 0 spiro atoms. The highest BCUT2D eigenvalue weighted by molar-refractivity contribution is 5.73. The summed E-state index contributed by atoms with van der Waals surface area (Å²) < 4.78 is 0. The van der Waals surface area contributed by atoms with Crippen LogP contribution in [0.25, 0.3) is 11.6 Å². The average molecular weight is 171 g/mol. The van der Waals surface area contributed by atoms with Crippen LogP contribution in [-0.2, 0) is 0 Å². The van der Waals surface area contributed by atoms with E-state index < -0.39 is 0 Å². The van der Waals surface area contributed by atoms with Crippen LogP contribution in [0, 0.1) is 0 Å². The topological polar surface area (TPSA) is 12.9 Å². The lowest BCUT2D eigenvalue weighted by Crippen LogP contribution is -1.90. The van der Waals surface area contributed by atoms with Crippen molar-refractivity contribution in [1.29, 1.82) is 0 Å². The monoisotopic (exact) mass is 171 g/mol. The third-order valence-electron chi connectivity index (χ3n) is 2.32. The van der Waals surface area contributed by atoms with Crippen LogP contribution in [0.15, 0.2) is 30.5 Å². The molecular weight excluding hydrogens is 158 g/mol. The first-order valence-electron chi connectivity index (χ1n) is 4.72. The Bertz CT molecular complexity index is 361. The Labute approximate surface area is 78.8 Å². The molecule has 0 amide bonds. The molecular formula is C12H13N. The van der Waals surface area contributed by atoms with Gasteiger partial charge in [0.2, 0.25) is 0 Å². The molecule has 66 valence electrons. The van der Waals surface area contributed by atoms with E-state index in [9.17, 15) is 0 Å². The maximum Gasteiger partial charge on any atom is 0.0730 e. The third-order valence-corrected chi connectivity index (χ3v) is 2.32. The number of hydrogen-bond donors (Lipinski definition) is 0. The zero-order valence-corrected chi connectivity index (χ0v) is 7.83. The van der Waals surface area contributed by atoms with Gasteiger partial charge in [0.25, 0.3) is 0 Å². The van der Waals surface area contributed by atoms with Gasteiger partial charge in [0.15, 0.2) is 0 Å². The number of fused-ring (bicyclic) bond motifs is 1. The van der Waals surface area contributed by atoms with Gasteiger partial charge in [-0.1, -0.05) is 31.2 Å². The highest BCUT2D eigenvalue weighted by atomic mass is 14.7. The fourth-order valence-electron chi connectivity index (χ4n) is 1.63. The zero-order chi connectivity index (χ0) is 9.10. The van der Waals surface area contributed by atoms with Gasteiger partial charge in [-0.15, -0.1) is 0 Å². The molecule has 0 atom stereocenters. The molecule has 1 heterocycles. The Morgan fingerprint density at radius 1 is 1.46 bits per heavy atom. The maximum absolute atomic E-state index is 4.41. The second-order valence-electron chi connectivity index (χ2n) is 3.16. The SMILES string of the molecule is CCC1=CCC=Cc2cccnc21. The summed E-state index contributed by atoms with van der Waals surface area (Å²) >= 11 is 0. The minimum absolute atomic E-state index is 1.03. The molecule has 0 saturated carbocycles. The number of nitrogens with zero attached hydrogens (tertiary/aromatic N) is 1. The van der Waals surface area contributed by atoms with E-state index in [0.29, 0.717) is 0 Å². The van der Waals surface area contributed by atoms with Crippen LogP contribution in [0.2, 0.25) is 0 Å². The van der Waals surface area contributed by atoms with Gasteiger partial charge < -0.3 is 0 Å². The van der Waals surface area contributed by atoms with Crippen LogP contribution in [0.1, 0.15) is 31.0 Å². The Balaban J connectivity index is 2.55. The molecule has 0 aromatic carbocycles. The highest BCUT2D eigenvalue weighted by Crippen LogP contribution is 2.24. The van der Waals surface area contributed by atoms with E-state index >= 15 is 0 Å². The van der Waals surface area contributed by atoms with E-state index in [4.69, 9.17) is 0 Å². The third kappa shape index (κ3) is 1.55. The number of rotatable bonds is 1. The van der Waals surface area contributed by atoms with Gasteiger partial charge in [-0.25, -0.2) is 0 Å². The van der Waals surface area contributed by atoms with Crippen LogP contribution in [0.3, 0.4) is 0 Å². The van der Waals surface area contributed by atoms with E-state index in [1.807, 2.05) is 12.3 Å². The molecule has 1 aliphatic rings. The van der Waals surface area contributed by atoms with Crippen molar-refractivity contribution in [3.05, 3.63) is 41.7 Å². The zero-order valence-electron chi connectivity index (χ0n) is 7.83. The van der Waals surface area contributed by atoms with Gasteiger partial charge in [-0.3, -0.25) is 4.98 Å². The Morgan fingerprint density at radius 2 is 2.38 bits per heavy atom. The smallest absolute Gasteiger partial charge is 0.0730 e. The summed E-state index contributed by atoms with van der Waals surface area (Å²) in [5.41, 5.74) is 3.76. The molecule has 2 rings (SSSR count). The summed E-state index contributed by atoms with van der Waals surface area (Å²) in [5, 5.41) is 0. The van der Waals surface area contributed by atoms with Gasteiger partial charge in [0, 0.05) is 11.8 Å². The molecule has 13 heavy (non-hydrogen) atoms. The normalized spacial score (nSPS) is 14.7. The minimum Gasteiger partial charge on any atom is -0.256 e. The predicted octanol–water partition coefficient (Wildman–Crippen LogP) is 3.29. The Morgan fingerprint density at radius 3 is 3.23 bits per heavy atom. The first-order valence-corrected chi connectivity index (χ1v) is 4.72. The largest absolute Gasteiger partial charge is 0.256 e. The van der Waals surface area contributed by atoms with Crippen molar-refractivity contribution in [2.75, 3.05) is 0 Å². The summed E-state index contributed by atoms with van der Waals surface area (Å²) in [4.78, 5) is 4.41. The van der Waals surface area contributed by atoms with Crippen molar-refractivity contribution in [2.24, 2.45) is 0 Å². The van der Waals surface area contributed by atoms with E-state index in [1.54, 1.807) is 0 Å². The van der Waals surface area contributed by atoms with Crippen molar-refractivity contribution in [3.8, 4) is 0 Å². The van der Waals surface area contributed by atoms with Crippen molar-refractivity contribution in [2.45, 2.75) is 19.8 Å². The molecule has 1 aliphatic carbocycles. The first kappa shape index (κ1) is 8.24. The van der Waals surface area contributed by atoms with E-state index in [0.717, 1.165) is 18.5 Å². The number of hydrogen-bond acceptors (Lipinski definition) is 1. The molecule has 0 fully saturated rings. The second kappa shape index (κ2) is 3.56. The van der Waals surface area contributed by atoms with E-state index in [-0.39, 0.29) is 0 Å². The van der Waals surface area contributed by atoms with Crippen molar-refractivity contribution in [3.63, 3.8) is 0 Å². The van der Waals surface area contributed by atoms with Gasteiger partial charge >= 0.3 is 0 Å². The Kier molecular flexibility index (Phi) is 2.26. The van der Waals surface area contributed by atoms with Crippen molar-refractivity contribution in [1.82, 2.24) is 4.98 Å². The quantitative estimate of drug-likeness (QED) is 0.631. The average Bonchev–Trinajstić information content (AvgIpc) is 2.39. The van der Waals surface area contributed by atoms with E-state index in [2.05, 4.69) is 36.2 Å². The van der Waals surface area contributed by atoms with Gasteiger partial charge in [0.1, 0.15) is 0 Å². The van der Waals surface area contributed by atoms with Crippen molar-refractivity contribution >= 4 is 11.6 Å². The summed E-state index contributed by atoms with van der Waals surface area (Å²) in [5.74, 6) is 0. The maximum atomic E-state index is 4.41. The fraction of sp³-hybridized carbons (Fsp3) is 0.250. The molecule has 0 aliphatic heterocycles. The molecule has 0 radical (unpaired) electrons. The van der Waals surface area contributed by atoms with Crippen LogP contribution >= 0.6 is 0 Å². The van der Waals surface area contributed by atoms with Crippen LogP contribution in [0.5, 0.6) is 0 Å². The first-order chi connectivity index (χ1) is 6.42. The molecule has 0 saturated heterocycles. The molecule has 1 aromatic heterocycles. The summed E-state index contributed by atoms with van der Waals surface area (Å²) in [7, 11) is 0. The summed E-state index contributed by atoms with van der Waals surface area (Å²) in [6.45, 7) is 2.18. The van der Waals surface area contributed by atoms with Crippen molar-refractivity contribution < 1.29 is 0 Å². The summed E-state index contributed by atoms with van der Waals surface area (Å²) in [6, 6.07) is 4.11. The minimum atomic E-state index is 1.03. The van der Waals surface area contributed by atoms with Crippen LogP contribution in [-0.4, -0.2) is 4.98 Å². The highest BCUT2D eigenvalue weighted by Gasteiger charge is 2.06. The summed E-state index contributed by atoms with van der Waals surface area (Å²) in [6.07, 6.45) is 10.5. The molecule has 1 nitrogen and oxygen atoms in total. The van der Waals surface area contributed by atoms with Gasteiger partial charge in [0.05, 0.1) is 5.69 Å². The van der Waals surface area contributed by atoms with E-state index in [1.165, 1.54) is 11.1 Å². The van der Waals surface area contributed by atoms with Crippen LogP contribution < -0.4 is 0 Å². The Hall–Kier alpha value is -1.37. The number of pyridine rings is 1. The molecule has 0 bridgehead atoms. The van der Waals surface area contributed by atoms with Gasteiger partial charge in [-0.2, -0.15) is 0 Å². The number of aromatic nitrogens is 1. The molecule has 1 aromatic rings. The molecule has 1 heteroatoms. The number of allylic oxidation sites excluding steroid dienone is 3. The lowest BCUT2D eigenvalue weighted by molar-refractivity contribution is 1.16. The second-order valence-corrected chi connectivity index (χ2v) is 3.16.